The number of anilines is 4. The van der Waals surface area contributed by atoms with E-state index in [0.29, 0.717) is 17.7 Å². The van der Waals surface area contributed by atoms with Gasteiger partial charge in [0.1, 0.15) is 11.6 Å². The molecular weight excluding hydrogens is 315 g/mol. The number of aromatic nitrogens is 2. The Morgan fingerprint density at radius 2 is 1.44 bits per heavy atom. The molecule has 0 amide bonds. The smallest absolute Gasteiger partial charge is 0.229 e. The average molecular weight is 336 g/mol. The van der Waals surface area contributed by atoms with E-state index in [1.165, 1.54) is 17.7 Å². The standard InChI is InChI=1S/C20H21FN4/c1-13(2)15-4-8-17(9-5-15)23-19-12-14(3)22-20(25-19)24-18-10-6-16(21)7-11-18/h4-13H,1-3H3,(H2,22,23,24,25). The van der Waals surface area contributed by atoms with Gasteiger partial charge in [-0.15, -0.1) is 0 Å². The fourth-order valence-corrected chi connectivity index (χ4v) is 2.45. The van der Waals surface area contributed by atoms with E-state index >= 15 is 0 Å². The van der Waals surface area contributed by atoms with E-state index in [1.54, 1.807) is 12.1 Å². The molecule has 2 N–H and O–H groups in total. The fraction of sp³-hybridized carbons (Fsp3) is 0.200. The van der Waals surface area contributed by atoms with Crippen molar-refractivity contribution in [2.45, 2.75) is 26.7 Å². The average Bonchev–Trinajstić information content (AvgIpc) is 2.57. The fourth-order valence-electron chi connectivity index (χ4n) is 2.45. The Morgan fingerprint density at radius 1 is 0.840 bits per heavy atom. The molecule has 0 unspecified atom stereocenters. The maximum Gasteiger partial charge on any atom is 0.229 e. The van der Waals surface area contributed by atoms with Crippen molar-refractivity contribution in [3.63, 3.8) is 0 Å². The number of hydrogen-bond acceptors (Lipinski definition) is 4. The molecule has 4 nitrogen and oxygen atoms in total. The first-order chi connectivity index (χ1) is 12.0. The summed E-state index contributed by atoms with van der Waals surface area (Å²) in [5.74, 6) is 1.40. The summed E-state index contributed by atoms with van der Waals surface area (Å²) in [6.07, 6.45) is 0. The molecule has 0 spiro atoms. The molecule has 128 valence electrons. The summed E-state index contributed by atoms with van der Waals surface area (Å²) in [6.45, 7) is 6.25. The van der Waals surface area contributed by atoms with Gasteiger partial charge in [0.05, 0.1) is 0 Å². The van der Waals surface area contributed by atoms with Gasteiger partial charge < -0.3 is 10.6 Å². The zero-order valence-corrected chi connectivity index (χ0v) is 14.5. The Labute approximate surface area is 147 Å². The maximum absolute atomic E-state index is 13.0. The Bertz CT molecular complexity index is 843. The van der Waals surface area contributed by atoms with Gasteiger partial charge in [0.2, 0.25) is 5.95 Å². The molecule has 3 rings (SSSR count). The molecule has 0 aliphatic heterocycles. The molecule has 1 aromatic heterocycles. The summed E-state index contributed by atoms with van der Waals surface area (Å²) in [7, 11) is 0. The molecule has 0 saturated heterocycles. The quantitative estimate of drug-likeness (QED) is 0.643. The van der Waals surface area contributed by atoms with Crippen LogP contribution in [0.15, 0.2) is 54.6 Å². The van der Waals surface area contributed by atoms with E-state index in [0.717, 1.165) is 17.1 Å². The second-order valence-corrected chi connectivity index (χ2v) is 6.25. The maximum atomic E-state index is 13.0. The minimum absolute atomic E-state index is 0.275. The third-order valence-corrected chi connectivity index (χ3v) is 3.80. The lowest BCUT2D eigenvalue weighted by Gasteiger charge is -2.11. The van der Waals surface area contributed by atoms with E-state index in [9.17, 15) is 4.39 Å². The van der Waals surface area contributed by atoms with Crippen LogP contribution in [0.5, 0.6) is 0 Å². The van der Waals surface area contributed by atoms with Gasteiger partial charge in [-0.3, -0.25) is 0 Å². The monoisotopic (exact) mass is 336 g/mol. The molecular formula is C20H21FN4. The Kier molecular flexibility index (Phi) is 4.93. The van der Waals surface area contributed by atoms with Crippen LogP contribution in [0, 0.1) is 12.7 Å². The van der Waals surface area contributed by atoms with Gasteiger partial charge in [0.15, 0.2) is 0 Å². The van der Waals surface area contributed by atoms with Crippen LogP contribution in [0.1, 0.15) is 31.0 Å². The van der Waals surface area contributed by atoms with E-state index in [1.807, 2.05) is 25.1 Å². The first-order valence-electron chi connectivity index (χ1n) is 8.25. The third-order valence-electron chi connectivity index (χ3n) is 3.80. The van der Waals surface area contributed by atoms with Crippen molar-refractivity contribution in [1.29, 1.82) is 0 Å². The van der Waals surface area contributed by atoms with Gasteiger partial charge in [-0.1, -0.05) is 26.0 Å². The van der Waals surface area contributed by atoms with Crippen molar-refractivity contribution >= 4 is 23.1 Å². The van der Waals surface area contributed by atoms with Crippen molar-refractivity contribution in [1.82, 2.24) is 9.97 Å². The van der Waals surface area contributed by atoms with Crippen LogP contribution in [0.4, 0.5) is 27.5 Å². The van der Waals surface area contributed by atoms with Gasteiger partial charge in [-0.2, -0.15) is 4.98 Å². The number of benzene rings is 2. The molecule has 25 heavy (non-hydrogen) atoms. The lowest BCUT2D eigenvalue weighted by molar-refractivity contribution is 0.628. The zero-order chi connectivity index (χ0) is 17.8. The summed E-state index contributed by atoms with van der Waals surface area (Å²) in [4.78, 5) is 8.85. The predicted molar refractivity (Wildman–Crippen MR) is 100 cm³/mol. The van der Waals surface area contributed by atoms with Crippen molar-refractivity contribution in [3.05, 3.63) is 71.7 Å². The third kappa shape index (κ3) is 4.53. The van der Waals surface area contributed by atoms with E-state index in [2.05, 4.69) is 46.6 Å². The van der Waals surface area contributed by atoms with Crippen molar-refractivity contribution in [3.8, 4) is 0 Å². The number of halogens is 1. The second kappa shape index (κ2) is 7.30. The molecule has 1 heterocycles. The highest BCUT2D eigenvalue weighted by molar-refractivity contribution is 5.60. The minimum atomic E-state index is -0.275. The first-order valence-corrected chi connectivity index (χ1v) is 8.25. The molecule has 0 atom stereocenters. The van der Waals surface area contributed by atoms with Crippen LogP contribution in [0.2, 0.25) is 0 Å². The Morgan fingerprint density at radius 3 is 2.08 bits per heavy atom. The number of hydrogen-bond donors (Lipinski definition) is 2. The van der Waals surface area contributed by atoms with Gasteiger partial charge in [0, 0.05) is 23.1 Å². The summed E-state index contributed by atoms with van der Waals surface area (Å²) in [5.41, 5.74) is 3.83. The molecule has 0 aliphatic rings. The lowest BCUT2D eigenvalue weighted by atomic mass is 10.0. The Hall–Kier alpha value is -2.95. The summed E-state index contributed by atoms with van der Waals surface area (Å²) < 4.78 is 13.0. The molecule has 3 aromatic rings. The van der Waals surface area contributed by atoms with E-state index < -0.39 is 0 Å². The number of nitrogens with zero attached hydrogens (tertiary/aromatic N) is 2. The predicted octanol–water partition coefficient (Wildman–Crippen LogP) is 5.53. The number of aryl methyl sites for hydroxylation is 1. The SMILES string of the molecule is Cc1cc(Nc2ccc(C(C)C)cc2)nc(Nc2ccc(F)cc2)n1. The minimum Gasteiger partial charge on any atom is -0.340 e. The summed E-state index contributed by atoms with van der Waals surface area (Å²) in [5, 5.41) is 6.39. The number of rotatable bonds is 5. The van der Waals surface area contributed by atoms with Gasteiger partial charge >= 0.3 is 0 Å². The zero-order valence-electron chi connectivity index (χ0n) is 14.5. The Balaban J connectivity index is 1.77. The van der Waals surface area contributed by atoms with Crippen LogP contribution in [-0.4, -0.2) is 9.97 Å². The summed E-state index contributed by atoms with van der Waals surface area (Å²) >= 11 is 0. The molecule has 0 radical (unpaired) electrons. The topological polar surface area (TPSA) is 49.8 Å². The highest BCUT2D eigenvalue weighted by Crippen LogP contribution is 2.21. The molecule has 2 aromatic carbocycles. The molecule has 0 bridgehead atoms. The lowest BCUT2D eigenvalue weighted by Crippen LogP contribution is -2.02. The van der Waals surface area contributed by atoms with Crippen molar-refractivity contribution in [2.75, 3.05) is 10.6 Å². The molecule has 5 heteroatoms. The van der Waals surface area contributed by atoms with Crippen molar-refractivity contribution in [2.24, 2.45) is 0 Å². The van der Waals surface area contributed by atoms with Gasteiger partial charge in [0.25, 0.3) is 0 Å². The van der Waals surface area contributed by atoms with Crippen LogP contribution in [0.3, 0.4) is 0 Å². The second-order valence-electron chi connectivity index (χ2n) is 6.25. The van der Waals surface area contributed by atoms with Crippen LogP contribution in [-0.2, 0) is 0 Å². The summed E-state index contributed by atoms with van der Waals surface area (Å²) in [6, 6.07) is 16.3. The highest BCUT2D eigenvalue weighted by atomic mass is 19.1. The molecule has 0 saturated carbocycles. The van der Waals surface area contributed by atoms with Crippen LogP contribution in [0.25, 0.3) is 0 Å². The van der Waals surface area contributed by atoms with Crippen molar-refractivity contribution < 1.29 is 4.39 Å². The van der Waals surface area contributed by atoms with E-state index in [4.69, 9.17) is 0 Å². The van der Waals surface area contributed by atoms with Crippen LogP contribution < -0.4 is 10.6 Å². The largest absolute Gasteiger partial charge is 0.340 e. The molecule has 0 aliphatic carbocycles. The van der Waals surface area contributed by atoms with Crippen LogP contribution >= 0.6 is 0 Å². The normalized spacial score (nSPS) is 10.8. The van der Waals surface area contributed by atoms with Gasteiger partial charge in [-0.05, 0) is 54.8 Å². The first kappa shape index (κ1) is 16.9. The highest BCUT2D eigenvalue weighted by Gasteiger charge is 2.05. The van der Waals surface area contributed by atoms with Gasteiger partial charge in [-0.25, -0.2) is 9.37 Å². The number of nitrogens with one attached hydrogen (secondary N) is 2. The van der Waals surface area contributed by atoms with E-state index in [-0.39, 0.29) is 5.82 Å². The molecule has 0 fully saturated rings.